The Morgan fingerprint density at radius 2 is 2.13 bits per heavy atom. The molecular formula is C10H7ClO4. The smallest absolute Gasteiger partial charge is 0.346 e. The van der Waals surface area contributed by atoms with Crippen LogP contribution in [0.25, 0.3) is 0 Å². The Kier molecular flexibility index (Phi) is 2.36. The number of carbonyl (C=O) groups excluding carboxylic acids is 2. The summed E-state index contributed by atoms with van der Waals surface area (Å²) >= 11 is 5.79. The van der Waals surface area contributed by atoms with Crippen LogP contribution in [0.3, 0.4) is 0 Å². The molecule has 1 aromatic rings. The SMILES string of the molecule is COc1cc(Cl)cc2c1CC(=O)OC2=O. The van der Waals surface area contributed by atoms with E-state index in [1.807, 2.05) is 0 Å². The molecule has 2 rings (SSSR count). The van der Waals surface area contributed by atoms with Crippen LogP contribution in [0.15, 0.2) is 12.1 Å². The number of benzene rings is 1. The molecule has 0 saturated heterocycles. The van der Waals surface area contributed by atoms with Gasteiger partial charge in [0.15, 0.2) is 0 Å². The number of fused-ring (bicyclic) bond motifs is 1. The fourth-order valence-corrected chi connectivity index (χ4v) is 1.71. The van der Waals surface area contributed by atoms with Gasteiger partial charge in [0.05, 0.1) is 19.1 Å². The van der Waals surface area contributed by atoms with Gasteiger partial charge in [0.1, 0.15) is 5.75 Å². The first kappa shape index (κ1) is 9.98. The average Bonchev–Trinajstić information content (AvgIpc) is 2.18. The van der Waals surface area contributed by atoms with Gasteiger partial charge >= 0.3 is 11.9 Å². The topological polar surface area (TPSA) is 52.6 Å². The number of rotatable bonds is 1. The van der Waals surface area contributed by atoms with Gasteiger partial charge < -0.3 is 9.47 Å². The second-order valence-electron chi connectivity index (χ2n) is 3.07. The highest BCUT2D eigenvalue weighted by molar-refractivity contribution is 6.31. The van der Waals surface area contributed by atoms with Crippen molar-refractivity contribution in [2.75, 3.05) is 7.11 Å². The molecular weight excluding hydrogens is 220 g/mol. The highest BCUT2D eigenvalue weighted by Gasteiger charge is 2.28. The monoisotopic (exact) mass is 226 g/mol. The number of halogens is 1. The first-order chi connectivity index (χ1) is 7.11. The van der Waals surface area contributed by atoms with Gasteiger partial charge in [0.25, 0.3) is 0 Å². The molecule has 0 saturated carbocycles. The third-order valence-corrected chi connectivity index (χ3v) is 2.36. The molecule has 0 bridgehead atoms. The number of esters is 2. The summed E-state index contributed by atoms with van der Waals surface area (Å²) < 4.78 is 9.52. The van der Waals surface area contributed by atoms with Crippen LogP contribution in [-0.4, -0.2) is 19.0 Å². The number of methoxy groups -OCH3 is 1. The minimum atomic E-state index is -0.679. The van der Waals surface area contributed by atoms with Crippen molar-refractivity contribution in [1.29, 1.82) is 0 Å². The number of ether oxygens (including phenoxy) is 2. The van der Waals surface area contributed by atoms with Crippen molar-refractivity contribution >= 4 is 23.5 Å². The number of cyclic esters (lactones) is 2. The van der Waals surface area contributed by atoms with Crippen molar-refractivity contribution in [1.82, 2.24) is 0 Å². The molecule has 15 heavy (non-hydrogen) atoms. The average molecular weight is 227 g/mol. The maximum Gasteiger partial charge on any atom is 0.346 e. The van der Waals surface area contributed by atoms with Crippen LogP contribution in [0.2, 0.25) is 5.02 Å². The molecule has 0 spiro atoms. The molecule has 0 fully saturated rings. The van der Waals surface area contributed by atoms with Crippen LogP contribution >= 0.6 is 11.6 Å². The van der Waals surface area contributed by atoms with Crippen molar-refractivity contribution in [3.8, 4) is 5.75 Å². The molecule has 1 heterocycles. The molecule has 1 aliphatic rings. The van der Waals surface area contributed by atoms with E-state index in [1.165, 1.54) is 13.2 Å². The third-order valence-electron chi connectivity index (χ3n) is 2.14. The predicted octanol–water partition coefficient (Wildman–Crippen LogP) is 1.59. The molecule has 0 radical (unpaired) electrons. The molecule has 0 N–H and O–H groups in total. The first-order valence-electron chi connectivity index (χ1n) is 4.23. The molecule has 4 nitrogen and oxygen atoms in total. The van der Waals surface area contributed by atoms with Crippen LogP contribution in [0.1, 0.15) is 15.9 Å². The Bertz CT molecular complexity index is 453. The van der Waals surface area contributed by atoms with Gasteiger partial charge in [0.2, 0.25) is 0 Å². The maximum absolute atomic E-state index is 11.4. The molecule has 5 heteroatoms. The van der Waals surface area contributed by atoms with Gasteiger partial charge in [-0.1, -0.05) is 11.6 Å². The fraction of sp³-hybridized carbons (Fsp3) is 0.200. The number of hydrogen-bond acceptors (Lipinski definition) is 4. The van der Waals surface area contributed by atoms with Gasteiger partial charge in [-0.25, -0.2) is 4.79 Å². The van der Waals surface area contributed by atoms with E-state index in [-0.39, 0.29) is 6.42 Å². The Hall–Kier alpha value is -1.55. The summed E-state index contributed by atoms with van der Waals surface area (Å²) in [4.78, 5) is 22.4. The lowest BCUT2D eigenvalue weighted by Gasteiger charge is -2.17. The molecule has 0 amide bonds. The summed E-state index contributed by atoms with van der Waals surface area (Å²) in [5, 5.41) is 0.372. The third kappa shape index (κ3) is 1.68. The Labute approximate surface area is 90.7 Å². The van der Waals surface area contributed by atoms with E-state index in [0.717, 1.165) is 0 Å². The zero-order chi connectivity index (χ0) is 11.0. The molecule has 0 aromatic heterocycles. The molecule has 1 aliphatic heterocycles. The Morgan fingerprint density at radius 3 is 2.80 bits per heavy atom. The standard InChI is InChI=1S/C10H7ClO4/c1-14-8-3-5(11)2-7-6(8)4-9(12)15-10(7)13/h2-3H,4H2,1H3. The molecule has 78 valence electrons. The lowest BCUT2D eigenvalue weighted by atomic mass is 10.0. The van der Waals surface area contributed by atoms with E-state index < -0.39 is 11.9 Å². The van der Waals surface area contributed by atoms with Gasteiger partial charge in [-0.15, -0.1) is 0 Å². The molecule has 0 unspecified atom stereocenters. The zero-order valence-electron chi connectivity index (χ0n) is 7.87. The second-order valence-corrected chi connectivity index (χ2v) is 3.51. The summed E-state index contributed by atoms with van der Waals surface area (Å²) in [6, 6.07) is 3.03. The van der Waals surface area contributed by atoms with Crippen LogP contribution < -0.4 is 4.74 Å². The van der Waals surface area contributed by atoms with Crippen molar-refractivity contribution < 1.29 is 19.1 Å². The quantitative estimate of drug-likeness (QED) is 0.539. The maximum atomic E-state index is 11.4. The summed E-state index contributed by atoms with van der Waals surface area (Å²) in [5.74, 6) is -0.822. The van der Waals surface area contributed by atoms with Gasteiger partial charge in [0, 0.05) is 10.6 Å². The van der Waals surface area contributed by atoms with E-state index >= 15 is 0 Å². The van der Waals surface area contributed by atoms with Gasteiger partial charge in [-0.2, -0.15) is 0 Å². The molecule has 1 aromatic carbocycles. The minimum absolute atomic E-state index is 0.0292. The van der Waals surface area contributed by atoms with E-state index in [1.54, 1.807) is 6.07 Å². The molecule has 0 atom stereocenters. The number of carbonyl (C=O) groups is 2. The van der Waals surface area contributed by atoms with E-state index in [2.05, 4.69) is 4.74 Å². The zero-order valence-corrected chi connectivity index (χ0v) is 8.63. The minimum Gasteiger partial charge on any atom is -0.496 e. The summed E-state index contributed by atoms with van der Waals surface area (Å²) in [6.07, 6.45) is 0.0292. The fourth-order valence-electron chi connectivity index (χ4n) is 1.50. The van der Waals surface area contributed by atoms with Crippen molar-refractivity contribution in [3.05, 3.63) is 28.3 Å². The first-order valence-corrected chi connectivity index (χ1v) is 4.61. The lowest BCUT2D eigenvalue weighted by molar-refractivity contribution is -0.137. The van der Waals surface area contributed by atoms with E-state index in [9.17, 15) is 9.59 Å². The van der Waals surface area contributed by atoms with Crippen molar-refractivity contribution in [2.24, 2.45) is 0 Å². The van der Waals surface area contributed by atoms with Gasteiger partial charge in [-0.3, -0.25) is 4.79 Å². The van der Waals surface area contributed by atoms with Crippen LogP contribution in [0.5, 0.6) is 5.75 Å². The number of hydrogen-bond donors (Lipinski definition) is 0. The van der Waals surface area contributed by atoms with E-state index in [0.29, 0.717) is 21.9 Å². The second kappa shape index (κ2) is 3.55. The molecule has 0 aliphatic carbocycles. The van der Waals surface area contributed by atoms with Crippen molar-refractivity contribution in [3.63, 3.8) is 0 Å². The lowest BCUT2D eigenvalue weighted by Crippen LogP contribution is -2.23. The van der Waals surface area contributed by atoms with Crippen LogP contribution in [0, 0.1) is 0 Å². The van der Waals surface area contributed by atoms with Crippen LogP contribution in [0.4, 0.5) is 0 Å². The Morgan fingerprint density at radius 1 is 1.40 bits per heavy atom. The highest BCUT2D eigenvalue weighted by Crippen LogP contribution is 2.30. The highest BCUT2D eigenvalue weighted by atomic mass is 35.5. The summed E-state index contributed by atoms with van der Waals surface area (Å²) in [6.45, 7) is 0. The summed E-state index contributed by atoms with van der Waals surface area (Å²) in [7, 11) is 1.45. The van der Waals surface area contributed by atoms with Gasteiger partial charge in [-0.05, 0) is 12.1 Å². The largest absolute Gasteiger partial charge is 0.496 e. The Balaban J connectivity index is 2.63. The van der Waals surface area contributed by atoms with Crippen molar-refractivity contribution in [2.45, 2.75) is 6.42 Å². The van der Waals surface area contributed by atoms with E-state index in [4.69, 9.17) is 16.3 Å². The predicted molar refractivity (Wildman–Crippen MR) is 52.1 cm³/mol. The normalized spacial score (nSPS) is 14.5. The summed E-state index contributed by atoms with van der Waals surface area (Å²) in [5.41, 5.74) is 0.821. The van der Waals surface area contributed by atoms with Crippen LogP contribution in [-0.2, 0) is 16.0 Å².